The molecule has 3 aromatic rings. The van der Waals surface area contributed by atoms with Crippen LogP contribution in [0.5, 0.6) is 0 Å². The van der Waals surface area contributed by atoms with Crippen molar-refractivity contribution in [3.05, 3.63) is 61.1 Å². The van der Waals surface area contributed by atoms with Gasteiger partial charge in [0.2, 0.25) is 10.0 Å². The summed E-state index contributed by atoms with van der Waals surface area (Å²) < 4.78 is 29.5. The number of hydrogen-bond acceptors (Lipinski definition) is 5. The van der Waals surface area contributed by atoms with E-state index in [-0.39, 0.29) is 0 Å². The van der Waals surface area contributed by atoms with Gasteiger partial charge < -0.3 is 4.90 Å². The number of anilines is 1. The molecule has 0 unspecified atom stereocenters. The molecule has 0 aliphatic carbocycles. The minimum absolute atomic E-state index is 0.318. The van der Waals surface area contributed by atoms with Gasteiger partial charge in [-0.1, -0.05) is 12.1 Å². The number of pyridine rings is 1. The Morgan fingerprint density at radius 3 is 2.33 bits per heavy atom. The van der Waals surface area contributed by atoms with Gasteiger partial charge in [0.15, 0.2) is 0 Å². The summed E-state index contributed by atoms with van der Waals surface area (Å²) in [4.78, 5) is 6.53. The van der Waals surface area contributed by atoms with Crippen LogP contribution in [-0.2, 0) is 17.1 Å². The van der Waals surface area contributed by atoms with E-state index in [0.29, 0.717) is 31.1 Å². The fourth-order valence-electron chi connectivity index (χ4n) is 3.36. The van der Waals surface area contributed by atoms with E-state index in [9.17, 15) is 8.42 Å². The van der Waals surface area contributed by atoms with Crippen molar-refractivity contribution in [2.75, 3.05) is 31.1 Å². The fourth-order valence-corrected chi connectivity index (χ4v) is 4.83. The normalized spacial score (nSPS) is 15.8. The summed E-state index contributed by atoms with van der Waals surface area (Å²) in [7, 11) is -1.69. The van der Waals surface area contributed by atoms with Gasteiger partial charge in [-0.25, -0.2) is 8.42 Å². The molecule has 1 aliphatic heterocycles. The van der Waals surface area contributed by atoms with Gasteiger partial charge in [-0.05, 0) is 30.3 Å². The van der Waals surface area contributed by atoms with Crippen molar-refractivity contribution in [3.63, 3.8) is 0 Å². The van der Waals surface area contributed by atoms with E-state index in [1.54, 1.807) is 45.8 Å². The van der Waals surface area contributed by atoms with E-state index in [1.165, 1.54) is 0 Å². The zero-order valence-electron chi connectivity index (χ0n) is 15.1. The molecule has 0 saturated carbocycles. The van der Waals surface area contributed by atoms with Gasteiger partial charge in [0, 0.05) is 63.1 Å². The standard InChI is InChI=1S/C19H21N5O2S/c1-22-19(7-10-21-22)16-3-2-4-18(15-16)27(25,26)24-13-11-23(12-14-24)17-5-8-20-9-6-17/h2-10,15H,11-14H2,1H3. The van der Waals surface area contributed by atoms with Gasteiger partial charge in [-0.15, -0.1) is 0 Å². The molecule has 0 radical (unpaired) electrons. The van der Waals surface area contributed by atoms with Gasteiger partial charge in [0.1, 0.15) is 0 Å². The summed E-state index contributed by atoms with van der Waals surface area (Å²) in [6, 6.07) is 12.8. The lowest BCUT2D eigenvalue weighted by Gasteiger charge is -2.35. The second kappa shape index (κ2) is 7.13. The van der Waals surface area contributed by atoms with E-state index in [2.05, 4.69) is 15.0 Å². The van der Waals surface area contributed by atoms with Crippen molar-refractivity contribution < 1.29 is 8.42 Å². The van der Waals surface area contributed by atoms with Crippen molar-refractivity contribution >= 4 is 15.7 Å². The van der Waals surface area contributed by atoms with Crippen LogP contribution < -0.4 is 4.90 Å². The minimum atomic E-state index is -3.53. The topological polar surface area (TPSA) is 71.3 Å². The zero-order valence-corrected chi connectivity index (χ0v) is 15.9. The maximum Gasteiger partial charge on any atom is 0.243 e. The number of hydrogen-bond donors (Lipinski definition) is 0. The Labute approximate surface area is 158 Å². The quantitative estimate of drug-likeness (QED) is 0.689. The number of aryl methyl sites for hydroxylation is 1. The highest BCUT2D eigenvalue weighted by Gasteiger charge is 2.28. The Morgan fingerprint density at radius 1 is 0.926 bits per heavy atom. The molecule has 2 aromatic heterocycles. The van der Waals surface area contributed by atoms with Crippen LogP contribution in [0, 0.1) is 0 Å². The molecule has 1 aromatic carbocycles. The van der Waals surface area contributed by atoms with Gasteiger partial charge in [0.05, 0.1) is 10.6 Å². The highest BCUT2D eigenvalue weighted by atomic mass is 32.2. The summed E-state index contributed by atoms with van der Waals surface area (Å²) in [6.07, 6.45) is 5.21. The molecule has 0 spiro atoms. The number of rotatable bonds is 4. The van der Waals surface area contributed by atoms with Crippen LogP contribution in [0.25, 0.3) is 11.3 Å². The van der Waals surface area contributed by atoms with E-state index in [1.807, 2.05) is 31.3 Å². The van der Waals surface area contributed by atoms with Crippen LogP contribution in [0.15, 0.2) is 66.0 Å². The number of piperazine rings is 1. The summed E-state index contributed by atoms with van der Waals surface area (Å²) in [5.41, 5.74) is 2.79. The molecule has 0 atom stereocenters. The minimum Gasteiger partial charge on any atom is -0.369 e. The second-order valence-electron chi connectivity index (χ2n) is 6.46. The van der Waals surface area contributed by atoms with Crippen LogP contribution in [0.1, 0.15) is 0 Å². The van der Waals surface area contributed by atoms with Gasteiger partial charge in [0.25, 0.3) is 0 Å². The first kappa shape index (κ1) is 17.7. The fraction of sp³-hybridized carbons (Fsp3) is 0.263. The van der Waals surface area contributed by atoms with Crippen LogP contribution in [0.2, 0.25) is 0 Å². The van der Waals surface area contributed by atoms with Crippen molar-refractivity contribution in [3.8, 4) is 11.3 Å². The average Bonchev–Trinajstić information content (AvgIpc) is 3.15. The molecule has 1 saturated heterocycles. The zero-order chi connectivity index (χ0) is 18.9. The molecule has 27 heavy (non-hydrogen) atoms. The Morgan fingerprint density at radius 2 is 1.67 bits per heavy atom. The van der Waals surface area contributed by atoms with E-state index < -0.39 is 10.0 Å². The van der Waals surface area contributed by atoms with E-state index in [0.717, 1.165) is 16.9 Å². The summed E-state index contributed by atoms with van der Waals surface area (Å²) in [6.45, 7) is 2.23. The maximum atomic E-state index is 13.1. The van der Waals surface area contributed by atoms with Crippen LogP contribution >= 0.6 is 0 Å². The number of aromatic nitrogens is 3. The van der Waals surface area contributed by atoms with Crippen molar-refractivity contribution in [2.24, 2.45) is 7.05 Å². The third-order valence-electron chi connectivity index (χ3n) is 4.86. The third kappa shape index (κ3) is 3.45. The Hall–Kier alpha value is -2.71. The summed E-state index contributed by atoms with van der Waals surface area (Å²) >= 11 is 0. The maximum absolute atomic E-state index is 13.1. The molecule has 0 amide bonds. The van der Waals surface area contributed by atoms with Crippen LogP contribution in [-0.4, -0.2) is 53.7 Å². The average molecular weight is 383 g/mol. The Balaban J connectivity index is 1.54. The highest BCUT2D eigenvalue weighted by Crippen LogP contribution is 2.25. The van der Waals surface area contributed by atoms with Gasteiger partial charge in [-0.2, -0.15) is 9.40 Å². The largest absolute Gasteiger partial charge is 0.369 e. The molecular weight excluding hydrogens is 362 g/mol. The Kier molecular flexibility index (Phi) is 4.67. The molecule has 1 aliphatic rings. The number of sulfonamides is 1. The number of benzene rings is 1. The SMILES string of the molecule is Cn1nccc1-c1cccc(S(=O)(=O)N2CCN(c3ccncc3)CC2)c1. The lowest BCUT2D eigenvalue weighted by Crippen LogP contribution is -2.48. The molecule has 8 heteroatoms. The third-order valence-corrected chi connectivity index (χ3v) is 6.75. The smallest absolute Gasteiger partial charge is 0.243 e. The first-order valence-electron chi connectivity index (χ1n) is 8.79. The Bertz CT molecular complexity index is 1030. The first-order valence-corrected chi connectivity index (χ1v) is 10.2. The predicted octanol–water partition coefficient (Wildman–Crippen LogP) is 1.99. The second-order valence-corrected chi connectivity index (χ2v) is 8.40. The lowest BCUT2D eigenvalue weighted by molar-refractivity contribution is 0.385. The summed E-state index contributed by atoms with van der Waals surface area (Å²) in [5, 5.41) is 4.16. The van der Waals surface area contributed by atoms with Crippen LogP contribution in [0.4, 0.5) is 5.69 Å². The lowest BCUT2D eigenvalue weighted by atomic mass is 10.1. The van der Waals surface area contributed by atoms with Crippen molar-refractivity contribution in [1.29, 1.82) is 0 Å². The molecule has 0 bridgehead atoms. The van der Waals surface area contributed by atoms with Crippen molar-refractivity contribution in [2.45, 2.75) is 4.90 Å². The van der Waals surface area contributed by atoms with E-state index >= 15 is 0 Å². The predicted molar refractivity (Wildman–Crippen MR) is 104 cm³/mol. The first-order chi connectivity index (χ1) is 13.1. The molecule has 1 fully saturated rings. The molecule has 7 nitrogen and oxygen atoms in total. The highest BCUT2D eigenvalue weighted by molar-refractivity contribution is 7.89. The summed E-state index contributed by atoms with van der Waals surface area (Å²) in [5.74, 6) is 0. The number of nitrogens with zero attached hydrogens (tertiary/aromatic N) is 5. The van der Waals surface area contributed by atoms with Crippen molar-refractivity contribution in [1.82, 2.24) is 19.1 Å². The monoisotopic (exact) mass is 383 g/mol. The molecule has 0 N–H and O–H groups in total. The molecule has 140 valence electrons. The molecular formula is C19H21N5O2S. The molecule has 3 heterocycles. The molecule has 4 rings (SSSR count). The van der Waals surface area contributed by atoms with Crippen LogP contribution in [0.3, 0.4) is 0 Å². The van der Waals surface area contributed by atoms with E-state index in [4.69, 9.17) is 0 Å². The van der Waals surface area contributed by atoms with Gasteiger partial charge >= 0.3 is 0 Å². The van der Waals surface area contributed by atoms with Gasteiger partial charge in [-0.3, -0.25) is 9.67 Å².